The molecule has 1 saturated heterocycles. The Kier molecular flexibility index (Phi) is 6.88. The Morgan fingerprint density at radius 1 is 1.35 bits per heavy atom. The summed E-state index contributed by atoms with van der Waals surface area (Å²) in [6.45, 7) is 4.47. The predicted octanol–water partition coefficient (Wildman–Crippen LogP) is 0.565. The van der Waals surface area contributed by atoms with Crippen LogP contribution in [0.15, 0.2) is 0 Å². The lowest BCUT2D eigenvalue weighted by Crippen LogP contribution is -2.50. The molecule has 3 unspecified atom stereocenters. The minimum Gasteiger partial charge on any atom is -0.480 e. The van der Waals surface area contributed by atoms with E-state index in [2.05, 4.69) is 10.2 Å². The second-order valence-corrected chi connectivity index (χ2v) is 5.40. The van der Waals surface area contributed by atoms with Crippen molar-refractivity contribution in [3.8, 4) is 0 Å². The predicted molar refractivity (Wildman–Crippen MR) is 77.0 cm³/mol. The van der Waals surface area contributed by atoms with E-state index in [1.165, 1.54) is 0 Å². The van der Waals surface area contributed by atoms with Crippen LogP contribution in [0.3, 0.4) is 0 Å². The van der Waals surface area contributed by atoms with Gasteiger partial charge >= 0.3 is 5.97 Å². The molecule has 0 aliphatic carbocycles. The lowest BCUT2D eigenvalue weighted by atomic mass is 9.90. The van der Waals surface area contributed by atoms with Crippen molar-refractivity contribution >= 4 is 5.97 Å². The molecule has 0 amide bonds. The summed E-state index contributed by atoms with van der Waals surface area (Å²) in [5, 5.41) is 12.3. The summed E-state index contributed by atoms with van der Waals surface area (Å²) in [4.78, 5) is 13.7. The van der Waals surface area contributed by atoms with Crippen LogP contribution >= 0.6 is 0 Å². The molecule has 0 aromatic heterocycles. The van der Waals surface area contributed by atoms with Crippen LogP contribution in [-0.2, 0) is 14.3 Å². The molecule has 1 fully saturated rings. The van der Waals surface area contributed by atoms with Gasteiger partial charge in [-0.3, -0.25) is 9.69 Å². The van der Waals surface area contributed by atoms with Crippen LogP contribution in [0.1, 0.15) is 26.2 Å². The number of aliphatic carboxylic acids is 1. The molecule has 1 rings (SSSR count). The smallest absolute Gasteiger partial charge is 0.323 e. The van der Waals surface area contributed by atoms with E-state index in [4.69, 9.17) is 9.47 Å². The summed E-state index contributed by atoms with van der Waals surface area (Å²) in [7, 11) is 5.12. The van der Waals surface area contributed by atoms with Gasteiger partial charge in [0, 0.05) is 27.3 Å². The van der Waals surface area contributed by atoms with Crippen LogP contribution in [0.5, 0.6) is 0 Å². The number of hydrogen-bond acceptors (Lipinski definition) is 5. The molecule has 118 valence electrons. The van der Waals surface area contributed by atoms with E-state index in [-0.39, 0.29) is 12.2 Å². The van der Waals surface area contributed by atoms with Crippen LogP contribution in [0, 0.1) is 0 Å². The third-order valence-corrected chi connectivity index (χ3v) is 4.47. The summed E-state index contributed by atoms with van der Waals surface area (Å²) >= 11 is 0. The summed E-state index contributed by atoms with van der Waals surface area (Å²) in [6.07, 6.45) is 2.27. The lowest BCUT2D eigenvalue weighted by Gasteiger charge is -2.28. The molecule has 0 bridgehead atoms. The molecule has 1 aliphatic rings. The molecule has 20 heavy (non-hydrogen) atoms. The number of nitrogens with zero attached hydrogens (tertiary/aromatic N) is 1. The Morgan fingerprint density at radius 3 is 2.25 bits per heavy atom. The topological polar surface area (TPSA) is 71.0 Å². The lowest BCUT2D eigenvalue weighted by molar-refractivity contribution is -0.145. The first kappa shape index (κ1) is 17.4. The number of carbonyl (C=O) groups is 1. The van der Waals surface area contributed by atoms with Crippen molar-refractivity contribution in [2.24, 2.45) is 0 Å². The summed E-state index contributed by atoms with van der Waals surface area (Å²) in [6, 6.07) is 0. The van der Waals surface area contributed by atoms with E-state index in [0.29, 0.717) is 12.8 Å². The van der Waals surface area contributed by atoms with Crippen molar-refractivity contribution in [3.63, 3.8) is 0 Å². The quantitative estimate of drug-likeness (QED) is 0.646. The first-order valence-electron chi connectivity index (χ1n) is 7.23. The van der Waals surface area contributed by atoms with Crippen molar-refractivity contribution in [1.29, 1.82) is 0 Å². The van der Waals surface area contributed by atoms with Crippen molar-refractivity contribution in [2.45, 2.75) is 43.9 Å². The van der Waals surface area contributed by atoms with Gasteiger partial charge < -0.3 is 19.9 Å². The second kappa shape index (κ2) is 7.93. The minimum absolute atomic E-state index is 0.111. The van der Waals surface area contributed by atoms with Crippen molar-refractivity contribution in [3.05, 3.63) is 0 Å². The Labute approximate surface area is 121 Å². The molecular formula is C14H28N2O4. The van der Waals surface area contributed by atoms with Crippen molar-refractivity contribution < 1.29 is 19.4 Å². The third-order valence-electron chi connectivity index (χ3n) is 4.47. The van der Waals surface area contributed by atoms with E-state index in [1.807, 2.05) is 6.92 Å². The standard InChI is InChI=1S/C14H28N2O4/c1-5-14(15-2,13(17)18)7-6-8-16-9-11(19-3)12(10-16)20-4/h11-12,15H,5-10H2,1-4H3,(H,17,18). The van der Waals surface area contributed by atoms with Crippen molar-refractivity contribution in [1.82, 2.24) is 10.2 Å². The molecule has 6 nitrogen and oxygen atoms in total. The van der Waals surface area contributed by atoms with Crippen LogP contribution in [0.25, 0.3) is 0 Å². The number of rotatable bonds is 9. The highest BCUT2D eigenvalue weighted by Crippen LogP contribution is 2.20. The van der Waals surface area contributed by atoms with Crippen LogP contribution in [-0.4, -0.2) is 74.6 Å². The maximum atomic E-state index is 11.4. The van der Waals surface area contributed by atoms with Gasteiger partial charge in [0.05, 0.1) is 12.2 Å². The molecule has 0 saturated carbocycles. The average molecular weight is 288 g/mol. The fraction of sp³-hybridized carbons (Fsp3) is 0.929. The molecule has 6 heteroatoms. The molecule has 0 aromatic rings. The highest BCUT2D eigenvalue weighted by atomic mass is 16.5. The number of ether oxygens (including phenoxy) is 2. The number of nitrogens with one attached hydrogen (secondary N) is 1. The minimum atomic E-state index is -0.805. The highest BCUT2D eigenvalue weighted by Gasteiger charge is 2.36. The molecule has 3 atom stereocenters. The van der Waals surface area contributed by atoms with Gasteiger partial charge in [0.15, 0.2) is 0 Å². The summed E-state index contributed by atoms with van der Waals surface area (Å²) in [5.74, 6) is -0.770. The van der Waals surface area contributed by atoms with Gasteiger partial charge in [-0.2, -0.15) is 0 Å². The third kappa shape index (κ3) is 3.91. The first-order valence-corrected chi connectivity index (χ1v) is 7.23. The zero-order valence-electron chi connectivity index (χ0n) is 13.0. The van der Waals surface area contributed by atoms with E-state index in [1.54, 1.807) is 21.3 Å². The SMILES string of the molecule is CCC(CCCN1CC(OC)C(OC)C1)(NC)C(=O)O. The van der Waals surface area contributed by atoms with Gasteiger partial charge in [0.2, 0.25) is 0 Å². The van der Waals surface area contributed by atoms with Gasteiger partial charge in [0.1, 0.15) is 5.54 Å². The zero-order valence-corrected chi connectivity index (χ0v) is 13.0. The first-order chi connectivity index (χ1) is 9.52. The molecule has 1 heterocycles. The monoisotopic (exact) mass is 288 g/mol. The maximum Gasteiger partial charge on any atom is 0.323 e. The zero-order chi connectivity index (χ0) is 15.2. The maximum absolute atomic E-state index is 11.4. The average Bonchev–Trinajstić information content (AvgIpc) is 2.86. The highest BCUT2D eigenvalue weighted by molar-refractivity contribution is 5.78. The number of hydrogen-bond donors (Lipinski definition) is 2. The largest absolute Gasteiger partial charge is 0.480 e. The summed E-state index contributed by atoms with van der Waals surface area (Å²) < 4.78 is 10.8. The molecule has 0 spiro atoms. The number of carboxylic acid groups (broad SMARTS) is 1. The second-order valence-electron chi connectivity index (χ2n) is 5.40. The number of likely N-dealkylation sites (tertiary alicyclic amines) is 1. The van der Waals surface area contributed by atoms with Gasteiger partial charge in [-0.1, -0.05) is 6.92 Å². The van der Waals surface area contributed by atoms with E-state index in [9.17, 15) is 9.90 Å². The fourth-order valence-corrected chi connectivity index (χ4v) is 2.90. The Bertz CT molecular complexity index is 296. The van der Waals surface area contributed by atoms with Gasteiger partial charge in [-0.05, 0) is 32.9 Å². The Hall–Kier alpha value is -0.690. The van der Waals surface area contributed by atoms with Crippen LogP contribution in [0.4, 0.5) is 0 Å². The Morgan fingerprint density at radius 2 is 1.90 bits per heavy atom. The molecular weight excluding hydrogens is 260 g/mol. The van der Waals surface area contributed by atoms with Crippen LogP contribution < -0.4 is 5.32 Å². The van der Waals surface area contributed by atoms with Crippen LogP contribution in [0.2, 0.25) is 0 Å². The number of carboxylic acids is 1. The van der Waals surface area contributed by atoms with E-state index in [0.717, 1.165) is 26.1 Å². The normalized spacial score (nSPS) is 26.6. The van der Waals surface area contributed by atoms with Gasteiger partial charge in [-0.25, -0.2) is 0 Å². The fourth-order valence-electron chi connectivity index (χ4n) is 2.90. The summed E-state index contributed by atoms with van der Waals surface area (Å²) in [5.41, 5.74) is -0.805. The van der Waals surface area contributed by atoms with Gasteiger partial charge in [-0.15, -0.1) is 0 Å². The molecule has 1 aliphatic heterocycles. The van der Waals surface area contributed by atoms with E-state index >= 15 is 0 Å². The molecule has 2 N–H and O–H groups in total. The van der Waals surface area contributed by atoms with Gasteiger partial charge in [0.25, 0.3) is 0 Å². The molecule has 0 aromatic carbocycles. The molecule has 0 radical (unpaired) electrons. The Balaban J connectivity index is 2.43. The van der Waals surface area contributed by atoms with E-state index < -0.39 is 11.5 Å². The van der Waals surface area contributed by atoms with Crippen molar-refractivity contribution in [2.75, 3.05) is 40.9 Å². The number of methoxy groups -OCH3 is 2. The number of likely N-dealkylation sites (N-methyl/N-ethyl adjacent to an activating group) is 1.